The highest BCUT2D eigenvalue weighted by molar-refractivity contribution is 9.10. The van der Waals surface area contributed by atoms with Crippen LogP contribution >= 0.6 is 15.9 Å². The van der Waals surface area contributed by atoms with E-state index in [4.69, 9.17) is 14.5 Å². The first-order valence-corrected chi connectivity index (χ1v) is 15.2. The summed E-state index contributed by atoms with van der Waals surface area (Å²) in [4.78, 5) is 31.1. The molecule has 0 radical (unpaired) electrons. The van der Waals surface area contributed by atoms with Crippen molar-refractivity contribution in [3.63, 3.8) is 0 Å². The minimum absolute atomic E-state index is 0.111. The van der Waals surface area contributed by atoms with Crippen LogP contribution in [0, 0.1) is 5.92 Å². The molecule has 1 atom stereocenters. The summed E-state index contributed by atoms with van der Waals surface area (Å²) in [7, 11) is 0. The Balaban J connectivity index is 1.18. The van der Waals surface area contributed by atoms with Gasteiger partial charge in [-0.1, -0.05) is 11.6 Å². The molecule has 0 unspecified atom stereocenters. The van der Waals surface area contributed by atoms with Gasteiger partial charge < -0.3 is 19.3 Å². The first kappa shape index (κ1) is 28.0. The first-order valence-electron chi connectivity index (χ1n) is 14.4. The predicted molar refractivity (Wildman–Crippen MR) is 156 cm³/mol. The lowest BCUT2D eigenvalue weighted by Crippen LogP contribution is -2.54. The van der Waals surface area contributed by atoms with Crippen molar-refractivity contribution in [1.82, 2.24) is 34.8 Å². The van der Waals surface area contributed by atoms with Crippen molar-refractivity contribution in [2.75, 3.05) is 37.7 Å². The van der Waals surface area contributed by atoms with Gasteiger partial charge in [0.25, 0.3) is 0 Å². The van der Waals surface area contributed by atoms with Crippen LogP contribution in [-0.4, -0.2) is 85.4 Å². The van der Waals surface area contributed by atoms with E-state index in [1.165, 1.54) is 19.3 Å². The summed E-state index contributed by atoms with van der Waals surface area (Å²) < 4.78 is 13.9. The summed E-state index contributed by atoms with van der Waals surface area (Å²) in [6, 6.07) is 4.29. The smallest absolute Gasteiger partial charge is 0.410 e. The van der Waals surface area contributed by atoms with E-state index in [1.54, 1.807) is 12.4 Å². The van der Waals surface area contributed by atoms with Gasteiger partial charge in [0, 0.05) is 19.6 Å². The number of anilines is 1. The van der Waals surface area contributed by atoms with Crippen LogP contribution in [0.4, 0.5) is 10.5 Å². The van der Waals surface area contributed by atoms with E-state index < -0.39 is 11.1 Å². The van der Waals surface area contributed by atoms with Crippen molar-refractivity contribution in [1.29, 1.82) is 0 Å². The van der Waals surface area contributed by atoms with Crippen LogP contribution in [-0.2, 0) is 15.0 Å². The molecule has 3 aromatic rings. The molecule has 3 aromatic heterocycles. The van der Waals surface area contributed by atoms with Crippen molar-refractivity contribution < 1.29 is 14.3 Å². The molecule has 1 saturated carbocycles. The fraction of sp³-hybridized carbons (Fsp3) is 0.586. The Labute approximate surface area is 248 Å². The maximum atomic E-state index is 13.3. The van der Waals surface area contributed by atoms with Crippen molar-refractivity contribution in [3.05, 3.63) is 47.2 Å². The largest absolute Gasteiger partial charge is 0.444 e. The highest BCUT2D eigenvalue weighted by atomic mass is 79.9. The second kappa shape index (κ2) is 11.3. The van der Waals surface area contributed by atoms with E-state index >= 15 is 0 Å². The van der Waals surface area contributed by atoms with E-state index in [9.17, 15) is 4.79 Å². The van der Waals surface area contributed by atoms with E-state index in [0.29, 0.717) is 35.1 Å². The van der Waals surface area contributed by atoms with Gasteiger partial charge in [-0.15, -0.1) is 5.10 Å². The summed E-state index contributed by atoms with van der Waals surface area (Å²) in [5, 5.41) is 8.75. The molecule has 2 aliphatic heterocycles. The molecule has 1 amide bonds. The van der Waals surface area contributed by atoms with E-state index in [0.717, 1.165) is 43.9 Å². The number of carbonyl (C=O) groups excluding carboxylic acids is 1. The Kier molecular flexibility index (Phi) is 7.71. The first-order chi connectivity index (χ1) is 19.7. The van der Waals surface area contributed by atoms with Crippen molar-refractivity contribution in [3.8, 4) is 11.4 Å². The maximum Gasteiger partial charge on any atom is 0.410 e. The lowest BCUT2D eigenvalue weighted by molar-refractivity contribution is -0.0851. The third kappa shape index (κ3) is 5.94. The second-order valence-corrected chi connectivity index (χ2v) is 13.2. The van der Waals surface area contributed by atoms with Gasteiger partial charge in [-0.2, -0.15) is 0 Å². The van der Waals surface area contributed by atoms with E-state index in [1.807, 2.05) is 42.7 Å². The molecule has 1 aliphatic carbocycles. The molecule has 0 spiro atoms. The van der Waals surface area contributed by atoms with Crippen LogP contribution in [0.5, 0.6) is 0 Å². The van der Waals surface area contributed by atoms with Crippen molar-refractivity contribution in [2.45, 2.75) is 70.1 Å². The second-order valence-electron chi connectivity index (χ2n) is 12.4. The number of amides is 1. The molecule has 6 rings (SSSR count). The van der Waals surface area contributed by atoms with Crippen LogP contribution in [0.3, 0.4) is 0 Å². The minimum atomic E-state index is -0.524. The van der Waals surface area contributed by atoms with Gasteiger partial charge in [0.05, 0.1) is 55.4 Å². The Morgan fingerprint density at radius 3 is 2.61 bits per heavy atom. The summed E-state index contributed by atoms with van der Waals surface area (Å²) in [6.45, 7) is 9.19. The number of carbonyl (C=O) groups is 1. The Hall–Kier alpha value is -3.12. The number of rotatable bonds is 7. The van der Waals surface area contributed by atoms with Crippen molar-refractivity contribution in [2.24, 2.45) is 5.92 Å². The molecule has 0 N–H and O–H groups in total. The average Bonchev–Trinajstić information content (AvgIpc) is 3.37. The molecule has 0 bridgehead atoms. The lowest BCUT2D eigenvalue weighted by atomic mass is 9.84. The Bertz CT molecular complexity index is 1370. The normalized spacial score (nSPS) is 20.7. The number of halogens is 1. The molecule has 3 aliphatic rings. The van der Waals surface area contributed by atoms with Crippen LogP contribution in [0.2, 0.25) is 0 Å². The zero-order valence-electron chi connectivity index (χ0n) is 23.9. The standard InChI is InChI=1S/C29H37BrN8O3/c1-28(2,3)41-27(39)37(15-20-6-4-7-20)22-8-5-11-36(16-22)21-9-10-25(32-12-21)29(18-40-19-29)38-17-24(34-35-38)23-13-31-14-26(30)33-23/h9-10,12-14,17,20,22H,4-8,11,15-16,18-19H2,1-3H3/t22-/m1/s1. The van der Waals surface area contributed by atoms with Crippen LogP contribution in [0.1, 0.15) is 58.6 Å². The summed E-state index contributed by atoms with van der Waals surface area (Å²) >= 11 is 3.36. The molecule has 5 heterocycles. The molecular formula is C29H37BrN8O3. The minimum Gasteiger partial charge on any atom is -0.444 e. The SMILES string of the molecule is CC(C)(C)OC(=O)N(CC1CCC1)[C@@H]1CCCN(c2ccc(C3(n4cc(-c5cncc(Br)n5)nn4)COC3)nc2)C1. The van der Waals surface area contributed by atoms with Gasteiger partial charge in [-0.3, -0.25) is 9.97 Å². The molecule has 218 valence electrons. The summed E-state index contributed by atoms with van der Waals surface area (Å²) in [5.74, 6) is 0.576. The molecule has 41 heavy (non-hydrogen) atoms. The Morgan fingerprint density at radius 1 is 1.15 bits per heavy atom. The lowest BCUT2D eigenvalue weighted by Gasteiger charge is -2.43. The number of pyridine rings is 1. The number of piperidine rings is 1. The van der Waals surface area contributed by atoms with Crippen LogP contribution < -0.4 is 4.90 Å². The van der Waals surface area contributed by atoms with Gasteiger partial charge in [-0.25, -0.2) is 14.5 Å². The zero-order valence-corrected chi connectivity index (χ0v) is 25.5. The molecule has 12 heteroatoms. The zero-order chi connectivity index (χ0) is 28.6. The van der Waals surface area contributed by atoms with Crippen LogP contribution in [0.15, 0.2) is 41.5 Å². The number of hydrogen-bond donors (Lipinski definition) is 0. The van der Waals surface area contributed by atoms with Gasteiger partial charge in [0.15, 0.2) is 5.54 Å². The molecule has 11 nitrogen and oxygen atoms in total. The molecule has 0 aromatic carbocycles. The van der Waals surface area contributed by atoms with E-state index in [-0.39, 0.29) is 12.1 Å². The highest BCUT2D eigenvalue weighted by Crippen LogP contribution is 2.35. The van der Waals surface area contributed by atoms with Crippen molar-refractivity contribution >= 4 is 27.7 Å². The fourth-order valence-electron chi connectivity index (χ4n) is 5.69. The summed E-state index contributed by atoms with van der Waals surface area (Å²) in [6.07, 6.45) is 12.5. The molecule has 2 saturated heterocycles. The Morgan fingerprint density at radius 2 is 1.98 bits per heavy atom. The molecular weight excluding hydrogens is 588 g/mol. The van der Waals surface area contributed by atoms with Gasteiger partial charge in [0.2, 0.25) is 0 Å². The van der Waals surface area contributed by atoms with Crippen LogP contribution in [0.25, 0.3) is 11.4 Å². The number of hydrogen-bond acceptors (Lipinski definition) is 9. The number of nitrogens with zero attached hydrogens (tertiary/aromatic N) is 8. The predicted octanol–water partition coefficient (Wildman–Crippen LogP) is 4.67. The number of aromatic nitrogens is 6. The summed E-state index contributed by atoms with van der Waals surface area (Å²) in [5.41, 5.74) is 2.16. The quantitative estimate of drug-likeness (QED) is 0.370. The highest BCUT2D eigenvalue weighted by Gasteiger charge is 2.45. The average molecular weight is 626 g/mol. The topological polar surface area (TPSA) is 111 Å². The van der Waals surface area contributed by atoms with E-state index in [2.05, 4.69) is 53.2 Å². The van der Waals surface area contributed by atoms with Gasteiger partial charge in [0.1, 0.15) is 21.6 Å². The maximum absolute atomic E-state index is 13.3. The molecule has 3 fully saturated rings. The third-order valence-corrected chi connectivity index (χ3v) is 8.60. The van der Waals surface area contributed by atoms with Gasteiger partial charge >= 0.3 is 6.09 Å². The number of ether oxygens (including phenoxy) is 2. The third-order valence-electron chi connectivity index (χ3n) is 8.22. The fourth-order valence-corrected chi connectivity index (χ4v) is 6.00. The monoisotopic (exact) mass is 624 g/mol. The van der Waals surface area contributed by atoms with Gasteiger partial charge in [-0.05, 0) is 80.4 Å².